The average molecular weight is 347 g/mol. The summed E-state index contributed by atoms with van der Waals surface area (Å²) in [6.07, 6.45) is -2.09. The van der Waals surface area contributed by atoms with Crippen LogP contribution >= 0.6 is 0 Å². The van der Waals surface area contributed by atoms with E-state index in [-0.39, 0.29) is 25.3 Å². The van der Waals surface area contributed by atoms with Gasteiger partial charge in [-0.05, 0) is 13.8 Å². The van der Waals surface area contributed by atoms with Crippen LogP contribution in [0.5, 0.6) is 0 Å². The van der Waals surface area contributed by atoms with Gasteiger partial charge in [-0.1, -0.05) is 5.16 Å². The van der Waals surface area contributed by atoms with E-state index in [4.69, 9.17) is 9.57 Å². The lowest BCUT2D eigenvalue weighted by atomic mass is 9.85. The van der Waals surface area contributed by atoms with Crippen LogP contribution in [0.2, 0.25) is 0 Å². The van der Waals surface area contributed by atoms with Crippen molar-refractivity contribution in [2.45, 2.75) is 43.4 Å². The molecule has 3 aliphatic heterocycles. The van der Waals surface area contributed by atoms with E-state index in [9.17, 15) is 30.0 Å². The SMILES string of the molecule is CCO/N=C1\CCO[C@]2([C@@H](O)[C@@](C)(O)CO)NC(=O)[C@@]1(O)NC2=O. The van der Waals surface area contributed by atoms with E-state index in [2.05, 4.69) is 10.5 Å². The number of hydrogen-bond acceptors (Lipinski definition) is 9. The van der Waals surface area contributed by atoms with Crippen molar-refractivity contribution in [2.24, 2.45) is 5.16 Å². The van der Waals surface area contributed by atoms with Crippen LogP contribution in [0, 0.1) is 0 Å². The van der Waals surface area contributed by atoms with Gasteiger partial charge in [0.25, 0.3) is 23.3 Å². The Balaban J connectivity index is 2.44. The Hall–Kier alpha value is -1.79. The molecule has 0 aromatic heterocycles. The van der Waals surface area contributed by atoms with Gasteiger partial charge < -0.3 is 40.6 Å². The van der Waals surface area contributed by atoms with Crippen LogP contribution in [0.15, 0.2) is 5.16 Å². The van der Waals surface area contributed by atoms with Crippen molar-refractivity contribution < 1.29 is 39.6 Å². The number of nitrogens with one attached hydrogen (secondary N) is 2. The number of carbonyl (C=O) groups excluding carboxylic acids is 2. The molecule has 0 spiro atoms. The minimum Gasteiger partial charge on any atom is -0.396 e. The number of ether oxygens (including phenoxy) is 1. The quantitative estimate of drug-likeness (QED) is 0.279. The molecule has 3 aliphatic rings. The summed E-state index contributed by atoms with van der Waals surface area (Å²) in [5, 5.41) is 47.8. The second kappa shape index (κ2) is 6.26. The number of carbonyl (C=O) groups is 2. The van der Waals surface area contributed by atoms with Crippen LogP contribution in [-0.2, 0) is 19.2 Å². The van der Waals surface area contributed by atoms with Crippen molar-refractivity contribution in [3.8, 4) is 0 Å². The standard InChI is InChI=1S/C13H21N3O8/c1-3-24-16-7-4-5-23-13(8(18)11(2,21)6-17)10(20)14-12(7,22)9(19)15-13/h8,17-18,21-22H,3-6H2,1-2H3,(H,14,20)(H,15,19)/b16-7+/t8-,11-,12+,13-/m0/s1. The minimum atomic E-state index is -2.47. The summed E-state index contributed by atoms with van der Waals surface area (Å²) in [5.74, 6) is -2.22. The van der Waals surface area contributed by atoms with Crippen molar-refractivity contribution in [3.63, 3.8) is 0 Å². The first-order chi connectivity index (χ1) is 11.1. The highest BCUT2D eigenvalue weighted by Gasteiger charge is 2.64. The third-order valence-corrected chi connectivity index (χ3v) is 3.94. The average Bonchev–Trinajstić information content (AvgIpc) is 2.53. The molecule has 136 valence electrons. The van der Waals surface area contributed by atoms with Crippen molar-refractivity contribution in [3.05, 3.63) is 0 Å². The Morgan fingerprint density at radius 3 is 2.67 bits per heavy atom. The molecule has 11 heteroatoms. The van der Waals surface area contributed by atoms with E-state index in [1.165, 1.54) is 0 Å². The largest absolute Gasteiger partial charge is 0.396 e. The van der Waals surface area contributed by atoms with Gasteiger partial charge in [0.15, 0.2) is 0 Å². The summed E-state index contributed by atoms with van der Waals surface area (Å²) >= 11 is 0. The number of aliphatic hydroxyl groups excluding tert-OH is 2. The summed E-state index contributed by atoms with van der Waals surface area (Å²) in [4.78, 5) is 29.6. The highest BCUT2D eigenvalue weighted by molar-refractivity contribution is 6.17. The second-order valence-electron chi connectivity index (χ2n) is 5.83. The van der Waals surface area contributed by atoms with Gasteiger partial charge in [0.1, 0.15) is 24.0 Å². The molecule has 2 bridgehead atoms. The smallest absolute Gasteiger partial charge is 0.282 e. The van der Waals surface area contributed by atoms with Gasteiger partial charge in [-0.25, -0.2) is 0 Å². The number of oxime groups is 1. The molecular weight excluding hydrogens is 326 g/mol. The van der Waals surface area contributed by atoms with E-state index in [1.54, 1.807) is 6.92 Å². The summed E-state index contributed by atoms with van der Waals surface area (Å²) in [5.41, 5.74) is -7.16. The van der Waals surface area contributed by atoms with Crippen LogP contribution in [0.1, 0.15) is 20.3 Å². The molecule has 0 aliphatic carbocycles. The van der Waals surface area contributed by atoms with Crippen LogP contribution in [-0.4, -0.2) is 80.9 Å². The molecule has 11 nitrogen and oxygen atoms in total. The first-order valence-electron chi connectivity index (χ1n) is 7.36. The molecule has 6 N–H and O–H groups in total. The zero-order valence-electron chi connectivity index (χ0n) is 13.3. The third kappa shape index (κ3) is 2.74. The number of amides is 2. The van der Waals surface area contributed by atoms with E-state index in [0.29, 0.717) is 0 Å². The maximum Gasteiger partial charge on any atom is 0.282 e. The number of fused-ring (bicyclic) bond motifs is 5. The summed E-state index contributed by atoms with van der Waals surface area (Å²) in [6.45, 7) is 1.77. The molecular formula is C13H21N3O8. The van der Waals surface area contributed by atoms with Gasteiger partial charge in [-0.2, -0.15) is 0 Å². The molecule has 0 unspecified atom stereocenters. The zero-order chi connectivity index (χ0) is 18.2. The monoisotopic (exact) mass is 347 g/mol. The maximum absolute atomic E-state index is 12.5. The van der Waals surface area contributed by atoms with Gasteiger partial charge in [-0.3, -0.25) is 9.59 Å². The van der Waals surface area contributed by atoms with Gasteiger partial charge in [0.2, 0.25) is 0 Å². The van der Waals surface area contributed by atoms with E-state index in [0.717, 1.165) is 6.92 Å². The number of piperazine rings is 1. The van der Waals surface area contributed by atoms with Crippen LogP contribution in [0.4, 0.5) is 0 Å². The molecule has 3 rings (SSSR count). The fraction of sp³-hybridized carbons (Fsp3) is 0.769. The Morgan fingerprint density at radius 1 is 1.42 bits per heavy atom. The molecule has 0 aromatic rings. The molecule has 0 radical (unpaired) electrons. The van der Waals surface area contributed by atoms with Crippen molar-refractivity contribution >= 4 is 17.5 Å². The third-order valence-electron chi connectivity index (χ3n) is 3.94. The van der Waals surface area contributed by atoms with E-state index < -0.39 is 41.6 Å². The first-order valence-corrected chi connectivity index (χ1v) is 7.36. The molecule has 4 atom stereocenters. The molecule has 24 heavy (non-hydrogen) atoms. The predicted octanol–water partition coefficient (Wildman–Crippen LogP) is -3.47. The fourth-order valence-corrected chi connectivity index (χ4v) is 2.47. The lowest BCUT2D eigenvalue weighted by Gasteiger charge is -2.49. The van der Waals surface area contributed by atoms with E-state index in [1.807, 2.05) is 5.32 Å². The highest BCUT2D eigenvalue weighted by atomic mass is 16.6. The summed E-state index contributed by atoms with van der Waals surface area (Å²) < 4.78 is 5.33. The first kappa shape index (κ1) is 18.5. The van der Waals surface area contributed by atoms with Gasteiger partial charge in [-0.15, -0.1) is 0 Å². The molecule has 3 saturated heterocycles. The second-order valence-corrected chi connectivity index (χ2v) is 5.83. The van der Waals surface area contributed by atoms with Gasteiger partial charge in [0.05, 0.1) is 13.2 Å². The molecule has 0 saturated carbocycles. The summed E-state index contributed by atoms with van der Waals surface area (Å²) in [7, 11) is 0. The molecule has 3 fully saturated rings. The lowest BCUT2D eigenvalue weighted by Crippen LogP contribution is -2.84. The topological polar surface area (TPSA) is 170 Å². The van der Waals surface area contributed by atoms with Crippen molar-refractivity contribution in [1.82, 2.24) is 10.6 Å². The van der Waals surface area contributed by atoms with Crippen LogP contribution in [0.25, 0.3) is 0 Å². The predicted molar refractivity (Wildman–Crippen MR) is 77.3 cm³/mol. The molecule has 0 aromatic carbocycles. The maximum atomic E-state index is 12.5. The molecule has 3 heterocycles. The Bertz CT molecular complexity index is 565. The van der Waals surface area contributed by atoms with Crippen molar-refractivity contribution in [1.29, 1.82) is 0 Å². The Morgan fingerprint density at radius 2 is 2.08 bits per heavy atom. The molecule has 2 amide bonds. The Labute approximate surface area is 137 Å². The van der Waals surface area contributed by atoms with E-state index >= 15 is 0 Å². The number of nitrogens with zero attached hydrogens (tertiary/aromatic N) is 1. The highest BCUT2D eigenvalue weighted by Crippen LogP contribution is 2.30. The number of aliphatic hydroxyl groups is 4. The van der Waals surface area contributed by atoms with Crippen molar-refractivity contribution in [2.75, 3.05) is 19.8 Å². The minimum absolute atomic E-state index is 0.0834. The lowest BCUT2D eigenvalue weighted by molar-refractivity contribution is -0.227. The van der Waals surface area contributed by atoms with Crippen LogP contribution < -0.4 is 10.6 Å². The zero-order valence-corrected chi connectivity index (χ0v) is 13.3. The fourth-order valence-electron chi connectivity index (χ4n) is 2.47. The van der Waals surface area contributed by atoms with Gasteiger partial charge >= 0.3 is 0 Å². The number of hydrogen-bond donors (Lipinski definition) is 6. The van der Waals surface area contributed by atoms with Gasteiger partial charge in [0, 0.05) is 6.42 Å². The van der Waals surface area contributed by atoms with Crippen LogP contribution in [0.3, 0.4) is 0 Å². The normalized spacial score (nSPS) is 35.5. The Kier molecular flexibility index (Phi) is 4.84. The summed E-state index contributed by atoms with van der Waals surface area (Å²) in [6, 6.07) is 0. The number of rotatable bonds is 5.